The zero-order valence-electron chi connectivity index (χ0n) is 23.9. The molecule has 6 atom stereocenters. The van der Waals surface area contributed by atoms with Crippen LogP contribution in [0.1, 0.15) is 97.8 Å². The average molecular weight is 573 g/mol. The van der Waals surface area contributed by atoms with Gasteiger partial charge in [-0.1, -0.05) is 50.3 Å². The van der Waals surface area contributed by atoms with Gasteiger partial charge in [0, 0.05) is 18.9 Å². The van der Waals surface area contributed by atoms with E-state index in [1.807, 2.05) is 19.9 Å². The van der Waals surface area contributed by atoms with Gasteiger partial charge in [-0.15, -0.1) is 0 Å². The van der Waals surface area contributed by atoms with Crippen LogP contribution in [0.25, 0.3) is 0 Å². The number of carbonyl (C=O) groups excluding carboxylic acids is 2. The number of methoxy groups -OCH3 is 1. The summed E-state index contributed by atoms with van der Waals surface area (Å²) in [7, 11) is 1.21. The molecule has 39 heavy (non-hydrogen) atoms. The quantitative estimate of drug-likeness (QED) is 0.120. The molecular formula is C30H46ClFO7. The number of hydrogen-bond donors (Lipinski definition) is 0. The minimum Gasteiger partial charge on any atom is -0.466 e. The number of ether oxygens (including phenoxy) is 5. The third-order valence-corrected chi connectivity index (χ3v) is 8.11. The van der Waals surface area contributed by atoms with Crippen molar-refractivity contribution in [2.75, 3.05) is 13.7 Å². The van der Waals surface area contributed by atoms with Crippen molar-refractivity contribution < 1.29 is 37.7 Å². The molecule has 1 saturated carbocycles. The molecule has 3 fully saturated rings. The van der Waals surface area contributed by atoms with Gasteiger partial charge in [-0.3, -0.25) is 4.79 Å². The molecule has 222 valence electrons. The lowest BCUT2D eigenvalue weighted by Gasteiger charge is -2.33. The van der Waals surface area contributed by atoms with E-state index in [0.717, 1.165) is 57.8 Å². The second-order valence-electron chi connectivity index (χ2n) is 11.3. The normalized spacial score (nSPS) is 30.8. The summed E-state index contributed by atoms with van der Waals surface area (Å²) >= 11 is 5.46. The molecule has 9 heteroatoms. The highest BCUT2D eigenvalue weighted by atomic mass is 35.5. The van der Waals surface area contributed by atoms with Gasteiger partial charge in [0.25, 0.3) is 0 Å². The van der Waals surface area contributed by atoms with Crippen LogP contribution in [0.4, 0.5) is 4.39 Å². The monoisotopic (exact) mass is 572 g/mol. The van der Waals surface area contributed by atoms with Crippen molar-refractivity contribution in [1.82, 2.24) is 0 Å². The summed E-state index contributed by atoms with van der Waals surface area (Å²) in [5.41, 5.74) is -0.128. The van der Waals surface area contributed by atoms with Gasteiger partial charge in [0.05, 0.1) is 24.9 Å². The Hall–Kier alpha value is -1.32. The van der Waals surface area contributed by atoms with Gasteiger partial charge in [0.2, 0.25) is 0 Å². The van der Waals surface area contributed by atoms with Crippen LogP contribution in [-0.4, -0.2) is 55.9 Å². The van der Waals surface area contributed by atoms with Crippen molar-refractivity contribution >= 4 is 23.4 Å². The number of halogens is 2. The summed E-state index contributed by atoms with van der Waals surface area (Å²) in [4.78, 5) is 24.4. The fourth-order valence-electron chi connectivity index (χ4n) is 5.96. The summed E-state index contributed by atoms with van der Waals surface area (Å²) in [5, 5.41) is -1.02. The van der Waals surface area contributed by atoms with Crippen LogP contribution in [0.15, 0.2) is 23.0 Å². The van der Waals surface area contributed by atoms with Gasteiger partial charge in [-0.2, -0.15) is 4.39 Å². The fraction of sp³-hybridized carbons (Fsp3) is 0.800. The van der Waals surface area contributed by atoms with Crippen molar-refractivity contribution in [3.63, 3.8) is 0 Å². The maximum Gasteiger partial charge on any atom is 0.337 e. The van der Waals surface area contributed by atoms with Crippen molar-refractivity contribution in [3.8, 4) is 0 Å². The molecule has 0 amide bonds. The molecule has 0 radical (unpaired) electrons. The van der Waals surface area contributed by atoms with Crippen molar-refractivity contribution in [2.24, 2.45) is 11.8 Å². The Morgan fingerprint density at radius 1 is 1.05 bits per heavy atom. The van der Waals surface area contributed by atoms with Crippen LogP contribution in [0.3, 0.4) is 0 Å². The molecule has 0 spiro atoms. The zero-order valence-corrected chi connectivity index (χ0v) is 24.7. The van der Waals surface area contributed by atoms with Gasteiger partial charge in [0.1, 0.15) is 6.10 Å². The maximum atomic E-state index is 13.6. The number of unbranched alkanes of at least 4 members (excludes halogenated alkanes) is 4. The lowest BCUT2D eigenvalue weighted by atomic mass is 9.87. The SMILES string of the molecule is CCCCCC(=O)C=C[C@@H]1[C@@H](CCCCCC(C(=O)OC)=C(F)Cl)[C@@H](OC2CCCCO2)[C@H]2OC(C)(C)O[C@@H]12. The summed E-state index contributed by atoms with van der Waals surface area (Å²) in [6, 6.07) is 0. The third kappa shape index (κ3) is 9.35. The number of carbonyl (C=O) groups is 2. The first-order valence-electron chi connectivity index (χ1n) is 14.6. The Morgan fingerprint density at radius 2 is 1.79 bits per heavy atom. The number of hydrogen-bond acceptors (Lipinski definition) is 7. The molecule has 2 heterocycles. The van der Waals surface area contributed by atoms with E-state index in [-0.39, 0.29) is 54.2 Å². The highest BCUT2D eigenvalue weighted by Gasteiger charge is 2.58. The van der Waals surface area contributed by atoms with Crippen molar-refractivity contribution in [1.29, 1.82) is 0 Å². The van der Waals surface area contributed by atoms with Crippen LogP contribution in [0.5, 0.6) is 0 Å². The van der Waals surface area contributed by atoms with Gasteiger partial charge < -0.3 is 23.7 Å². The molecule has 2 aliphatic heterocycles. The molecule has 0 aromatic heterocycles. The summed E-state index contributed by atoms with van der Waals surface area (Å²) in [6.07, 6.45) is 12.4. The maximum absolute atomic E-state index is 13.6. The summed E-state index contributed by atoms with van der Waals surface area (Å²) in [5.74, 6) is -1.35. The number of ketones is 1. The Morgan fingerprint density at radius 3 is 2.46 bits per heavy atom. The minimum atomic E-state index is -1.02. The van der Waals surface area contributed by atoms with E-state index in [2.05, 4.69) is 11.7 Å². The summed E-state index contributed by atoms with van der Waals surface area (Å²) in [6.45, 7) is 6.63. The number of allylic oxidation sites excluding steroid dienone is 1. The number of fused-ring (bicyclic) bond motifs is 1. The molecule has 0 bridgehead atoms. The standard InChI is InChI=1S/C30H46ClFO7/c1-5-6-8-13-20(33)17-18-22-21(14-9-7-10-15-23(28(31)32)29(34)35-4)25(37-24-16-11-12-19-36-24)27-26(22)38-30(2,3)39-27/h17-18,21-22,24-27H,5-16,19H2,1-4H3/t21-,22-,24?,25-,26+,27-/m1/s1. The smallest absolute Gasteiger partial charge is 0.337 e. The Kier molecular flexibility index (Phi) is 12.9. The van der Waals surface area contributed by atoms with Gasteiger partial charge >= 0.3 is 5.97 Å². The molecule has 3 aliphatic rings. The first-order valence-corrected chi connectivity index (χ1v) is 15.0. The van der Waals surface area contributed by atoms with E-state index < -0.39 is 17.0 Å². The predicted octanol–water partition coefficient (Wildman–Crippen LogP) is 6.91. The van der Waals surface area contributed by atoms with E-state index in [4.69, 9.17) is 30.5 Å². The Bertz CT molecular complexity index is 863. The second kappa shape index (κ2) is 15.6. The molecule has 0 aromatic rings. The predicted molar refractivity (Wildman–Crippen MR) is 147 cm³/mol. The minimum absolute atomic E-state index is 0.0497. The van der Waals surface area contributed by atoms with Crippen LogP contribution >= 0.6 is 11.6 Å². The molecule has 7 nitrogen and oxygen atoms in total. The topological polar surface area (TPSA) is 80.3 Å². The average Bonchev–Trinajstić information content (AvgIpc) is 3.35. The van der Waals surface area contributed by atoms with E-state index in [0.29, 0.717) is 19.4 Å². The highest BCUT2D eigenvalue weighted by Crippen LogP contribution is 2.49. The van der Waals surface area contributed by atoms with Crippen LogP contribution in [-0.2, 0) is 33.3 Å². The fourth-order valence-corrected chi connectivity index (χ4v) is 6.13. The number of esters is 1. The zero-order chi connectivity index (χ0) is 28.4. The van der Waals surface area contributed by atoms with Crippen molar-refractivity contribution in [2.45, 2.75) is 128 Å². The first-order chi connectivity index (χ1) is 18.7. The second-order valence-corrected chi connectivity index (χ2v) is 11.6. The van der Waals surface area contributed by atoms with Crippen molar-refractivity contribution in [3.05, 3.63) is 23.0 Å². The van der Waals surface area contributed by atoms with E-state index >= 15 is 0 Å². The number of rotatable bonds is 15. The van der Waals surface area contributed by atoms with Crippen LogP contribution < -0.4 is 0 Å². The molecule has 1 unspecified atom stereocenters. The Labute approximate surface area is 237 Å². The van der Waals surface area contributed by atoms with E-state index in [1.165, 1.54) is 7.11 Å². The lowest BCUT2D eigenvalue weighted by molar-refractivity contribution is -0.230. The summed E-state index contributed by atoms with van der Waals surface area (Å²) < 4.78 is 43.4. The lowest BCUT2D eigenvalue weighted by Crippen LogP contribution is -2.39. The highest BCUT2D eigenvalue weighted by molar-refractivity contribution is 6.30. The first kappa shape index (κ1) is 32.2. The van der Waals surface area contributed by atoms with E-state index in [1.54, 1.807) is 6.08 Å². The van der Waals surface area contributed by atoms with Crippen LogP contribution in [0.2, 0.25) is 0 Å². The van der Waals surface area contributed by atoms with Gasteiger partial charge in [-0.25, -0.2) is 4.79 Å². The van der Waals surface area contributed by atoms with Gasteiger partial charge in [-0.05, 0) is 70.8 Å². The Balaban J connectivity index is 1.71. The van der Waals surface area contributed by atoms with Crippen LogP contribution in [0, 0.1) is 11.8 Å². The molecule has 3 rings (SSSR count). The van der Waals surface area contributed by atoms with E-state index in [9.17, 15) is 14.0 Å². The van der Waals surface area contributed by atoms with Gasteiger partial charge in [0.15, 0.2) is 23.1 Å². The molecular weight excluding hydrogens is 527 g/mol. The molecule has 2 saturated heterocycles. The largest absolute Gasteiger partial charge is 0.466 e. The molecule has 0 aromatic carbocycles. The third-order valence-electron chi connectivity index (χ3n) is 7.89. The molecule has 1 aliphatic carbocycles. The molecule has 0 N–H and O–H groups in total.